The number of Topliss-reactive ketones (excluding diaryl/α,β-unsaturated/α-hetero) is 1. The SMILES string of the molecule is COc1c(CC(C(=O)CC(C)O)C(C)O)c(OC)c2ccccc2c1OC. The van der Waals surface area contributed by atoms with Gasteiger partial charge >= 0.3 is 0 Å². The molecule has 0 aliphatic carbocycles. The summed E-state index contributed by atoms with van der Waals surface area (Å²) in [5.74, 6) is 0.697. The first-order valence-electron chi connectivity index (χ1n) is 8.94. The number of benzene rings is 2. The summed E-state index contributed by atoms with van der Waals surface area (Å²) in [7, 11) is 4.65. The third-order valence-electron chi connectivity index (χ3n) is 4.70. The van der Waals surface area contributed by atoms with E-state index in [1.165, 1.54) is 7.11 Å². The summed E-state index contributed by atoms with van der Waals surface area (Å²) in [5, 5.41) is 21.4. The molecule has 0 radical (unpaired) electrons. The number of ketones is 1. The van der Waals surface area contributed by atoms with Gasteiger partial charge in [0.05, 0.1) is 33.5 Å². The lowest BCUT2D eigenvalue weighted by atomic mass is 9.86. The number of fused-ring (bicyclic) bond motifs is 1. The van der Waals surface area contributed by atoms with Crippen molar-refractivity contribution in [1.82, 2.24) is 0 Å². The Labute approximate surface area is 159 Å². The van der Waals surface area contributed by atoms with Crippen molar-refractivity contribution in [3.05, 3.63) is 29.8 Å². The van der Waals surface area contributed by atoms with Crippen LogP contribution in [0.3, 0.4) is 0 Å². The average Bonchev–Trinajstić information content (AvgIpc) is 2.63. The van der Waals surface area contributed by atoms with Crippen molar-refractivity contribution < 1.29 is 29.2 Å². The minimum atomic E-state index is -0.886. The van der Waals surface area contributed by atoms with E-state index in [1.807, 2.05) is 24.3 Å². The molecule has 2 rings (SSSR count). The second-order valence-corrected chi connectivity index (χ2v) is 6.69. The van der Waals surface area contributed by atoms with Gasteiger partial charge in [-0.25, -0.2) is 0 Å². The van der Waals surface area contributed by atoms with Crippen LogP contribution >= 0.6 is 0 Å². The summed E-state index contributed by atoms with van der Waals surface area (Å²) in [5.41, 5.74) is 0.653. The Balaban J connectivity index is 2.66. The fraction of sp³-hybridized carbons (Fsp3) is 0.476. The molecule has 0 bridgehead atoms. The highest BCUT2D eigenvalue weighted by Crippen LogP contribution is 2.46. The van der Waals surface area contributed by atoms with Gasteiger partial charge in [0.2, 0.25) is 0 Å². The number of hydrogen-bond donors (Lipinski definition) is 2. The maximum atomic E-state index is 12.6. The number of carbonyl (C=O) groups excluding carboxylic acids is 1. The number of aliphatic hydroxyl groups is 2. The lowest BCUT2D eigenvalue weighted by molar-refractivity contribution is -0.127. The van der Waals surface area contributed by atoms with Gasteiger partial charge in [0.15, 0.2) is 11.5 Å². The Bertz CT molecular complexity index is 797. The lowest BCUT2D eigenvalue weighted by Crippen LogP contribution is -2.30. The molecular weight excluding hydrogens is 348 g/mol. The second kappa shape index (κ2) is 9.06. The lowest BCUT2D eigenvalue weighted by Gasteiger charge is -2.24. The van der Waals surface area contributed by atoms with Gasteiger partial charge < -0.3 is 24.4 Å². The molecule has 27 heavy (non-hydrogen) atoms. The third-order valence-corrected chi connectivity index (χ3v) is 4.70. The highest BCUT2D eigenvalue weighted by Gasteiger charge is 2.30. The van der Waals surface area contributed by atoms with E-state index >= 15 is 0 Å². The number of rotatable bonds is 9. The minimum Gasteiger partial charge on any atom is -0.496 e. The summed E-state index contributed by atoms with van der Waals surface area (Å²) < 4.78 is 16.9. The monoisotopic (exact) mass is 376 g/mol. The molecule has 0 saturated heterocycles. The van der Waals surface area contributed by atoms with Crippen LogP contribution in [0.2, 0.25) is 0 Å². The van der Waals surface area contributed by atoms with Crippen LogP contribution in [0.4, 0.5) is 0 Å². The Morgan fingerprint density at radius 2 is 1.44 bits per heavy atom. The molecule has 2 N–H and O–H groups in total. The molecule has 0 aromatic heterocycles. The summed E-state index contributed by atoms with van der Waals surface area (Å²) in [6.45, 7) is 3.12. The zero-order chi connectivity index (χ0) is 20.1. The smallest absolute Gasteiger partial charge is 0.169 e. The molecule has 3 unspecified atom stereocenters. The largest absolute Gasteiger partial charge is 0.496 e. The predicted octanol–water partition coefficient (Wildman–Crippen LogP) is 2.75. The minimum absolute atomic E-state index is 0.0229. The molecule has 3 atom stereocenters. The Morgan fingerprint density at radius 1 is 0.926 bits per heavy atom. The van der Waals surface area contributed by atoms with Crippen LogP contribution in [0, 0.1) is 5.92 Å². The van der Waals surface area contributed by atoms with Crippen molar-refractivity contribution in [1.29, 1.82) is 0 Å². The highest BCUT2D eigenvalue weighted by atomic mass is 16.5. The summed E-state index contributed by atoms with van der Waals surface area (Å²) in [6.07, 6.45) is -1.47. The van der Waals surface area contributed by atoms with Crippen LogP contribution in [0.1, 0.15) is 25.8 Å². The van der Waals surface area contributed by atoms with E-state index in [2.05, 4.69) is 0 Å². The predicted molar refractivity (Wildman–Crippen MR) is 104 cm³/mol. The molecule has 0 aliphatic heterocycles. The van der Waals surface area contributed by atoms with E-state index in [-0.39, 0.29) is 18.6 Å². The molecule has 0 fully saturated rings. The molecule has 0 saturated carbocycles. The van der Waals surface area contributed by atoms with Crippen LogP contribution in [-0.2, 0) is 11.2 Å². The van der Waals surface area contributed by atoms with Crippen molar-refractivity contribution in [3.8, 4) is 17.2 Å². The third kappa shape index (κ3) is 4.34. The standard InChI is InChI=1S/C21H28O6/c1-12(22)10-18(24)16(13(2)23)11-17-19(25-3)14-8-6-7-9-15(14)20(26-4)21(17)27-5/h6-9,12-13,16,22-23H,10-11H2,1-5H3. The number of ether oxygens (including phenoxy) is 3. The van der Waals surface area contributed by atoms with E-state index in [4.69, 9.17) is 14.2 Å². The zero-order valence-electron chi connectivity index (χ0n) is 16.5. The number of hydrogen-bond acceptors (Lipinski definition) is 6. The number of aliphatic hydroxyl groups excluding tert-OH is 2. The highest BCUT2D eigenvalue weighted by molar-refractivity contribution is 5.97. The Morgan fingerprint density at radius 3 is 1.89 bits per heavy atom. The fourth-order valence-electron chi connectivity index (χ4n) is 3.46. The molecule has 6 nitrogen and oxygen atoms in total. The van der Waals surface area contributed by atoms with Gasteiger partial charge in [-0.05, 0) is 20.3 Å². The Hall–Kier alpha value is -2.31. The maximum Gasteiger partial charge on any atom is 0.169 e. The Kier molecular flexibility index (Phi) is 7.05. The first-order chi connectivity index (χ1) is 12.8. The molecular formula is C21H28O6. The number of carbonyl (C=O) groups is 1. The van der Waals surface area contributed by atoms with E-state index in [0.29, 0.717) is 22.8 Å². The van der Waals surface area contributed by atoms with Crippen molar-refractivity contribution >= 4 is 16.6 Å². The second-order valence-electron chi connectivity index (χ2n) is 6.69. The van der Waals surface area contributed by atoms with E-state index in [1.54, 1.807) is 28.1 Å². The first kappa shape index (κ1) is 21.0. The topological polar surface area (TPSA) is 85.2 Å². The van der Waals surface area contributed by atoms with Gasteiger partial charge in [-0.1, -0.05) is 24.3 Å². The van der Waals surface area contributed by atoms with Crippen molar-refractivity contribution in [3.63, 3.8) is 0 Å². The molecule has 2 aromatic carbocycles. The van der Waals surface area contributed by atoms with Crippen LogP contribution in [-0.4, -0.2) is 49.5 Å². The van der Waals surface area contributed by atoms with Gasteiger partial charge in [-0.2, -0.15) is 0 Å². The quantitative estimate of drug-likeness (QED) is 0.700. The molecule has 0 amide bonds. The summed E-state index contributed by atoms with van der Waals surface area (Å²) in [6, 6.07) is 7.61. The molecule has 2 aromatic rings. The van der Waals surface area contributed by atoms with E-state index in [0.717, 1.165) is 10.8 Å². The van der Waals surface area contributed by atoms with E-state index in [9.17, 15) is 15.0 Å². The molecule has 148 valence electrons. The first-order valence-corrected chi connectivity index (χ1v) is 8.94. The molecule has 0 aliphatic rings. The van der Waals surface area contributed by atoms with E-state index < -0.39 is 18.1 Å². The van der Waals surface area contributed by atoms with Gasteiger partial charge in [-0.15, -0.1) is 0 Å². The summed E-state index contributed by atoms with van der Waals surface area (Å²) in [4.78, 5) is 12.6. The summed E-state index contributed by atoms with van der Waals surface area (Å²) >= 11 is 0. The van der Waals surface area contributed by atoms with Gasteiger partial charge in [0.25, 0.3) is 0 Å². The zero-order valence-corrected chi connectivity index (χ0v) is 16.5. The van der Waals surface area contributed by atoms with Gasteiger partial charge in [-0.3, -0.25) is 4.79 Å². The van der Waals surface area contributed by atoms with Crippen LogP contribution in [0.5, 0.6) is 17.2 Å². The van der Waals surface area contributed by atoms with Crippen molar-refractivity contribution in [2.24, 2.45) is 5.92 Å². The maximum absolute atomic E-state index is 12.6. The van der Waals surface area contributed by atoms with Gasteiger partial charge in [0.1, 0.15) is 11.5 Å². The average molecular weight is 376 g/mol. The van der Waals surface area contributed by atoms with Crippen LogP contribution in [0.25, 0.3) is 10.8 Å². The van der Waals surface area contributed by atoms with Gasteiger partial charge in [0, 0.05) is 28.7 Å². The normalized spacial score (nSPS) is 14.5. The van der Waals surface area contributed by atoms with Crippen molar-refractivity contribution in [2.75, 3.05) is 21.3 Å². The molecule has 0 spiro atoms. The fourth-order valence-corrected chi connectivity index (χ4v) is 3.46. The number of methoxy groups -OCH3 is 3. The van der Waals surface area contributed by atoms with Crippen molar-refractivity contribution in [2.45, 2.75) is 38.9 Å². The van der Waals surface area contributed by atoms with Crippen LogP contribution in [0.15, 0.2) is 24.3 Å². The molecule has 6 heteroatoms. The molecule has 0 heterocycles. The van der Waals surface area contributed by atoms with Crippen LogP contribution < -0.4 is 14.2 Å².